The second-order valence-electron chi connectivity index (χ2n) is 7.52. The number of amides is 2. The molecular weight excluding hydrogens is 447 g/mol. The van der Waals surface area contributed by atoms with Crippen LogP contribution in [-0.4, -0.2) is 31.2 Å². The van der Waals surface area contributed by atoms with Crippen LogP contribution in [0.4, 0.5) is 30.2 Å². The molecule has 1 N–H and O–H groups in total. The van der Waals surface area contributed by atoms with Crippen molar-refractivity contribution in [2.75, 3.05) is 23.9 Å². The molecule has 3 aromatic carbocycles. The summed E-state index contributed by atoms with van der Waals surface area (Å²) in [6.07, 6.45) is -4.72. The Labute approximate surface area is 193 Å². The molecule has 4 rings (SSSR count). The smallest absolute Gasteiger partial charge is 0.418 e. The molecule has 0 saturated carbocycles. The molecule has 1 aliphatic rings. The van der Waals surface area contributed by atoms with Crippen LogP contribution in [0.5, 0.6) is 5.75 Å². The van der Waals surface area contributed by atoms with Gasteiger partial charge in [0.15, 0.2) is 0 Å². The van der Waals surface area contributed by atoms with Crippen LogP contribution < -0.4 is 15.0 Å². The Morgan fingerprint density at radius 3 is 2.41 bits per heavy atom. The van der Waals surface area contributed by atoms with E-state index in [0.29, 0.717) is 28.4 Å². The summed E-state index contributed by atoms with van der Waals surface area (Å²) >= 11 is 0. The number of nitrogens with zero attached hydrogens (tertiary/aromatic N) is 2. The largest absolute Gasteiger partial charge is 0.497 e. The highest BCUT2D eigenvalue weighted by Crippen LogP contribution is 2.35. The number of aliphatic imine (C=N–C) groups is 1. The number of hydrogen-bond donors (Lipinski definition) is 1. The minimum Gasteiger partial charge on any atom is -0.497 e. The first kappa shape index (κ1) is 23.0. The zero-order valence-corrected chi connectivity index (χ0v) is 18.1. The maximum Gasteiger partial charge on any atom is 0.418 e. The van der Waals surface area contributed by atoms with Gasteiger partial charge in [-0.1, -0.05) is 24.3 Å². The van der Waals surface area contributed by atoms with Gasteiger partial charge in [0.2, 0.25) is 11.8 Å². The molecule has 0 atom stereocenters. The lowest BCUT2D eigenvalue weighted by Gasteiger charge is -2.22. The second kappa shape index (κ2) is 9.38. The van der Waals surface area contributed by atoms with Crippen LogP contribution in [0.2, 0.25) is 0 Å². The average molecular weight is 467 g/mol. The Hall–Kier alpha value is -4.14. The minimum absolute atomic E-state index is 0.0899. The van der Waals surface area contributed by atoms with E-state index >= 15 is 0 Å². The summed E-state index contributed by atoms with van der Waals surface area (Å²) < 4.78 is 45.0. The molecule has 6 nitrogen and oxygen atoms in total. The van der Waals surface area contributed by atoms with Gasteiger partial charge in [0.1, 0.15) is 12.3 Å². The number of carbonyl (C=O) groups is 2. The first-order valence-electron chi connectivity index (χ1n) is 10.3. The van der Waals surface area contributed by atoms with Crippen molar-refractivity contribution in [1.82, 2.24) is 0 Å². The molecule has 0 radical (unpaired) electrons. The molecular formula is C25H20F3N3O3. The first-order chi connectivity index (χ1) is 16.3. The highest BCUT2D eigenvalue weighted by Gasteiger charge is 2.34. The molecule has 0 unspecified atom stereocenters. The van der Waals surface area contributed by atoms with Gasteiger partial charge >= 0.3 is 6.18 Å². The van der Waals surface area contributed by atoms with Crippen molar-refractivity contribution in [2.45, 2.75) is 12.6 Å². The fourth-order valence-electron chi connectivity index (χ4n) is 3.64. The fourth-order valence-corrected chi connectivity index (χ4v) is 3.64. The van der Waals surface area contributed by atoms with Crippen molar-refractivity contribution in [3.63, 3.8) is 0 Å². The molecule has 1 aliphatic heterocycles. The maximum atomic E-state index is 13.3. The number of benzene rings is 3. The summed E-state index contributed by atoms with van der Waals surface area (Å²) in [6, 6.07) is 18.6. The molecule has 2 amide bonds. The standard InChI is InChI=1S/C25H20F3N3O3/c1-34-17-12-10-16(11-13-17)21-14-24(33)31(22-9-5-4-8-20(22)29-21)15-23(32)30-19-7-3-2-6-18(19)25(26,27)28/h2-13H,14-15H2,1H3,(H,30,32). The van der Waals surface area contributed by atoms with Gasteiger partial charge in [-0.2, -0.15) is 13.2 Å². The van der Waals surface area contributed by atoms with Gasteiger partial charge in [-0.15, -0.1) is 0 Å². The van der Waals surface area contributed by atoms with Crippen LogP contribution in [0.3, 0.4) is 0 Å². The number of para-hydroxylation sites is 3. The average Bonchev–Trinajstić information content (AvgIpc) is 2.95. The van der Waals surface area contributed by atoms with Crippen LogP contribution >= 0.6 is 0 Å². The van der Waals surface area contributed by atoms with E-state index in [-0.39, 0.29) is 12.1 Å². The molecule has 0 aromatic heterocycles. The number of fused-ring (bicyclic) bond motifs is 1. The van der Waals surface area contributed by atoms with Gasteiger partial charge in [-0.25, -0.2) is 0 Å². The van der Waals surface area contributed by atoms with E-state index in [0.717, 1.165) is 6.07 Å². The molecule has 9 heteroatoms. The van der Waals surface area contributed by atoms with Gasteiger partial charge < -0.3 is 15.0 Å². The summed E-state index contributed by atoms with van der Waals surface area (Å²) in [5, 5.41) is 2.29. The number of methoxy groups -OCH3 is 1. The third kappa shape index (κ3) is 4.93. The molecule has 174 valence electrons. The third-order valence-corrected chi connectivity index (χ3v) is 5.28. The number of alkyl halides is 3. The summed E-state index contributed by atoms with van der Waals surface area (Å²) in [7, 11) is 1.55. The zero-order chi connectivity index (χ0) is 24.3. The van der Waals surface area contributed by atoms with E-state index in [4.69, 9.17) is 4.74 Å². The number of nitrogens with one attached hydrogen (secondary N) is 1. The molecule has 0 fully saturated rings. The number of rotatable bonds is 5. The number of halogens is 3. The molecule has 1 heterocycles. The lowest BCUT2D eigenvalue weighted by atomic mass is 10.1. The molecule has 0 aliphatic carbocycles. The maximum absolute atomic E-state index is 13.3. The quantitative estimate of drug-likeness (QED) is 0.560. The van der Waals surface area contributed by atoms with E-state index in [2.05, 4.69) is 10.3 Å². The van der Waals surface area contributed by atoms with E-state index in [1.165, 1.54) is 23.1 Å². The molecule has 0 bridgehead atoms. The van der Waals surface area contributed by atoms with Crippen molar-refractivity contribution < 1.29 is 27.5 Å². The Morgan fingerprint density at radius 2 is 1.71 bits per heavy atom. The molecule has 0 spiro atoms. The Bertz CT molecular complexity index is 1250. The lowest BCUT2D eigenvalue weighted by Crippen LogP contribution is -2.38. The summed E-state index contributed by atoms with van der Waals surface area (Å²) in [5.74, 6) is -0.506. The van der Waals surface area contributed by atoms with Crippen molar-refractivity contribution in [2.24, 2.45) is 4.99 Å². The SMILES string of the molecule is COc1ccc(C2=Nc3ccccc3N(CC(=O)Nc3ccccc3C(F)(F)F)C(=O)C2)cc1. The Morgan fingerprint density at radius 1 is 1.03 bits per heavy atom. The fraction of sp³-hybridized carbons (Fsp3) is 0.160. The van der Waals surface area contributed by atoms with Crippen LogP contribution in [-0.2, 0) is 15.8 Å². The predicted octanol–water partition coefficient (Wildman–Crippen LogP) is 5.21. The summed E-state index contributed by atoms with van der Waals surface area (Å²) in [6.45, 7) is -0.465. The Kier molecular flexibility index (Phi) is 6.36. The van der Waals surface area contributed by atoms with Crippen LogP contribution in [0.25, 0.3) is 0 Å². The van der Waals surface area contributed by atoms with Crippen molar-refractivity contribution in [1.29, 1.82) is 0 Å². The number of ether oxygens (including phenoxy) is 1. The number of carbonyl (C=O) groups excluding carboxylic acids is 2. The second-order valence-corrected chi connectivity index (χ2v) is 7.52. The molecule has 34 heavy (non-hydrogen) atoms. The van der Waals surface area contributed by atoms with Crippen LogP contribution in [0.15, 0.2) is 77.8 Å². The summed E-state index contributed by atoms with van der Waals surface area (Å²) in [5.41, 5.74) is 0.763. The zero-order valence-electron chi connectivity index (χ0n) is 18.1. The van der Waals surface area contributed by atoms with E-state index in [1.807, 2.05) is 0 Å². The van der Waals surface area contributed by atoms with Crippen molar-refractivity contribution >= 4 is 34.6 Å². The number of anilines is 2. The van der Waals surface area contributed by atoms with E-state index in [9.17, 15) is 22.8 Å². The summed E-state index contributed by atoms with van der Waals surface area (Å²) in [4.78, 5) is 31.8. The molecule has 3 aromatic rings. The van der Waals surface area contributed by atoms with Gasteiger partial charge in [0.25, 0.3) is 0 Å². The minimum atomic E-state index is -4.63. The number of hydrogen-bond acceptors (Lipinski definition) is 4. The van der Waals surface area contributed by atoms with E-state index in [1.54, 1.807) is 55.6 Å². The normalized spacial score (nSPS) is 13.6. The van der Waals surface area contributed by atoms with Crippen molar-refractivity contribution in [3.8, 4) is 5.75 Å². The highest BCUT2D eigenvalue weighted by molar-refractivity contribution is 6.19. The first-order valence-corrected chi connectivity index (χ1v) is 10.3. The van der Waals surface area contributed by atoms with E-state index < -0.39 is 30.1 Å². The van der Waals surface area contributed by atoms with Gasteiger partial charge in [-0.05, 0) is 54.1 Å². The van der Waals surface area contributed by atoms with Crippen LogP contribution in [0, 0.1) is 0 Å². The predicted molar refractivity (Wildman–Crippen MR) is 123 cm³/mol. The third-order valence-electron chi connectivity index (χ3n) is 5.28. The highest BCUT2D eigenvalue weighted by atomic mass is 19.4. The van der Waals surface area contributed by atoms with Crippen LogP contribution in [0.1, 0.15) is 17.5 Å². The lowest BCUT2D eigenvalue weighted by molar-refractivity contribution is -0.137. The van der Waals surface area contributed by atoms with Gasteiger partial charge in [0.05, 0.1) is 41.9 Å². The van der Waals surface area contributed by atoms with Gasteiger partial charge in [0, 0.05) is 0 Å². The van der Waals surface area contributed by atoms with Crippen molar-refractivity contribution in [3.05, 3.63) is 83.9 Å². The monoisotopic (exact) mass is 467 g/mol. The topological polar surface area (TPSA) is 71.0 Å². The Balaban J connectivity index is 1.60. The molecule has 0 saturated heterocycles. The van der Waals surface area contributed by atoms with Gasteiger partial charge in [-0.3, -0.25) is 14.6 Å².